The van der Waals surface area contributed by atoms with E-state index in [0.717, 1.165) is 25.3 Å². The van der Waals surface area contributed by atoms with Gasteiger partial charge in [-0.15, -0.1) is 0 Å². The molecule has 0 bridgehead atoms. The Morgan fingerprint density at radius 2 is 1.65 bits per heavy atom. The molecule has 0 aromatic heterocycles. The van der Waals surface area contributed by atoms with Gasteiger partial charge >= 0.3 is 10.2 Å². The zero-order chi connectivity index (χ0) is 27.9. The zero-order valence-corrected chi connectivity index (χ0v) is 24.4. The number of hydrogen-bond acceptors (Lipinski definition) is 4. The van der Waals surface area contributed by atoms with Gasteiger partial charge < -0.3 is 10.2 Å². The van der Waals surface area contributed by atoms with Crippen LogP contribution in [0.5, 0.6) is 0 Å². The Kier molecular flexibility index (Phi) is 11.0. The van der Waals surface area contributed by atoms with Crippen LogP contribution in [0.4, 0.5) is 5.69 Å². The Hall–Kier alpha value is -2.62. The lowest BCUT2D eigenvalue weighted by atomic mass is 10.1. The summed E-state index contributed by atoms with van der Waals surface area (Å²) in [5.74, 6) is -0.507. The first-order valence-corrected chi connectivity index (χ1v) is 14.1. The fraction of sp³-hybridized carbons (Fsp3) is 0.481. The van der Waals surface area contributed by atoms with E-state index in [4.69, 9.17) is 11.6 Å². The molecule has 0 saturated carbocycles. The molecule has 2 aromatic rings. The molecule has 10 heteroatoms. The van der Waals surface area contributed by atoms with Crippen LogP contribution in [0.25, 0.3) is 0 Å². The van der Waals surface area contributed by atoms with E-state index in [-0.39, 0.29) is 18.4 Å². The summed E-state index contributed by atoms with van der Waals surface area (Å²) in [6.45, 7) is 9.64. The van der Waals surface area contributed by atoms with E-state index in [1.807, 2.05) is 39.8 Å². The molecule has 1 N–H and O–H groups in total. The van der Waals surface area contributed by atoms with Crippen molar-refractivity contribution in [3.63, 3.8) is 0 Å². The van der Waals surface area contributed by atoms with Gasteiger partial charge in [0.1, 0.15) is 12.6 Å². The minimum Gasteiger partial charge on any atom is -0.354 e. The highest BCUT2D eigenvalue weighted by molar-refractivity contribution is 7.90. The van der Waals surface area contributed by atoms with Crippen molar-refractivity contribution in [3.8, 4) is 0 Å². The Balaban J connectivity index is 2.53. The van der Waals surface area contributed by atoms with Gasteiger partial charge in [-0.1, -0.05) is 56.6 Å². The van der Waals surface area contributed by atoms with E-state index in [1.165, 1.54) is 19.0 Å². The normalized spacial score (nSPS) is 12.5. The third kappa shape index (κ3) is 8.18. The minimum atomic E-state index is -4.01. The van der Waals surface area contributed by atoms with Crippen LogP contribution < -0.4 is 9.62 Å². The van der Waals surface area contributed by atoms with E-state index in [2.05, 4.69) is 5.32 Å². The summed E-state index contributed by atoms with van der Waals surface area (Å²) in [6, 6.07) is 11.7. The topological polar surface area (TPSA) is 90.0 Å². The van der Waals surface area contributed by atoms with Gasteiger partial charge in [0.25, 0.3) is 0 Å². The number of nitrogens with zero attached hydrogens (tertiary/aromatic N) is 3. The second-order valence-corrected chi connectivity index (χ2v) is 12.3. The molecule has 0 aliphatic rings. The van der Waals surface area contributed by atoms with Gasteiger partial charge in [-0.3, -0.25) is 9.59 Å². The molecule has 0 spiro atoms. The van der Waals surface area contributed by atoms with Crippen LogP contribution in [0.2, 0.25) is 5.02 Å². The molecule has 8 nitrogen and oxygen atoms in total. The summed E-state index contributed by atoms with van der Waals surface area (Å²) in [4.78, 5) is 28.5. The molecular weight excluding hydrogens is 512 g/mol. The molecule has 2 aromatic carbocycles. The molecule has 2 amide bonds. The number of anilines is 1. The fourth-order valence-electron chi connectivity index (χ4n) is 3.82. The number of benzene rings is 2. The molecule has 0 radical (unpaired) electrons. The van der Waals surface area contributed by atoms with E-state index >= 15 is 0 Å². The van der Waals surface area contributed by atoms with Gasteiger partial charge in [-0.05, 0) is 61.1 Å². The van der Waals surface area contributed by atoms with Gasteiger partial charge in [0, 0.05) is 32.2 Å². The van der Waals surface area contributed by atoms with Crippen LogP contribution >= 0.6 is 11.6 Å². The summed E-state index contributed by atoms with van der Waals surface area (Å²) in [6.07, 6.45) is 0.368. The number of hydrogen-bond donors (Lipinski definition) is 1. The number of carbonyl (C=O) groups is 2. The van der Waals surface area contributed by atoms with Crippen molar-refractivity contribution in [3.05, 3.63) is 64.2 Å². The minimum absolute atomic E-state index is 0.131. The number of nitrogens with one attached hydrogen (secondary N) is 1. The van der Waals surface area contributed by atoms with Crippen LogP contribution in [0.1, 0.15) is 43.9 Å². The second kappa shape index (κ2) is 13.3. The predicted octanol–water partition coefficient (Wildman–Crippen LogP) is 4.15. The molecular formula is C27H39ClN4O4S. The molecule has 2 rings (SSSR count). The lowest BCUT2D eigenvalue weighted by Gasteiger charge is -2.34. The van der Waals surface area contributed by atoms with Crippen LogP contribution in [-0.4, -0.2) is 62.7 Å². The SMILES string of the molecule is CCC(C(=O)NCC(C)C)N(Cc1ccc(Cl)cc1)C(=O)CN(c1cc(C)ccc1C)S(=O)(=O)N(C)C. The standard InChI is InChI=1S/C27H39ClN4O4S/c1-8-24(27(34)29-16-19(2)3)31(17-22-11-13-23(28)14-12-22)26(33)18-32(37(35,36)30(6)7)25-15-20(4)9-10-21(25)5/h9-15,19,24H,8,16-18H2,1-7H3,(H,29,34). The first-order valence-electron chi connectivity index (χ1n) is 12.4. The van der Waals surface area contributed by atoms with E-state index in [0.29, 0.717) is 23.7 Å². The smallest absolute Gasteiger partial charge is 0.304 e. The molecule has 37 heavy (non-hydrogen) atoms. The van der Waals surface area contributed by atoms with Crippen molar-refractivity contribution >= 4 is 39.3 Å². The Morgan fingerprint density at radius 1 is 1.03 bits per heavy atom. The van der Waals surface area contributed by atoms with E-state index in [9.17, 15) is 18.0 Å². The molecule has 0 aliphatic carbocycles. The van der Waals surface area contributed by atoms with Crippen LogP contribution in [0.15, 0.2) is 42.5 Å². The first-order chi connectivity index (χ1) is 17.3. The largest absolute Gasteiger partial charge is 0.354 e. The van der Waals surface area contributed by atoms with E-state index < -0.39 is 28.7 Å². The van der Waals surface area contributed by atoms with Crippen molar-refractivity contribution in [2.75, 3.05) is 31.5 Å². The van der Waals surface area contributed by atoms with Crippen LogP contribution in [0.3, 0.4) is 0 Å². The summed E-state index contributed by atoms with van der Waals surface area (Å²) >= 11 is 6.04. The Labute approximate surface area is 226 Å². The highest BCUT2D eigenvalue weighted by atomic mass is 35.5. The van der Waals surface area contributed by atoms with Crippen molar-refractivity contribution < 1.29 is 18.0 Å². The number of amides is 2. The van der Waals surface area contributed by atoms with E-state index in [1.54, 1.807) is 37.3 Å². The molecule has 0 aliphatic heterocycles. The molecule has 204 valence electrons. The highest BCUT2D eigenvalue weighted by Crippen LogP contribution is 2.26. The highest BCUT2D eigenvalue weighted by Gasteiger charge is 2.34. The monoisotopic (exact) mass is 550 g/mol. The van der Waals surface area contributed by atoms with Gasteiger partial charge in [-0.2, -0.15) is 12.7 Å². The average molecular weight is 551 g/mol. The first kappa shape index (κ1) is 30.6. The third-order valence-electron chi connectivity index (χ3n) is 5.99. The Bertz CT molecular complexity index is 1180. The molecule has 1 atom stereocenters. The van der Waals surface area contributed by atoms with Crippen molar-refractivity contribution in [2.45, 2.75) is 53.6 Å². The molecule has 1 unspecified atom stereocenters. The number of aryl methyl sites for hydroxylation is 2. The van der Waals surface area contributed by atoms with Crippen LogP contribution in [0, 0.1) is 19.8 Å². The summed E-state index contributed by atoms with van der Waals surface area (Å²) < 4.78 is 29.0. The van der Waals surface area contributed by atoms with Gasteiger partial charge in [0.2, 0.25) is 11.8 Å². The van der Waals surface area contributed by atoms with Gasteiger partial charge in [-0.25, -0.2) is 4.31 Å². The lowest BCUT2D eigenvalue weighted by Crippen LogP contribution is -2.53. The summed E-state index contributed by atoms with van der Waals surface area (Å²) in [7, 11) is -1.15. The maximum atomic E-state index is 13.9. The zero-order valence-electron chi connectivity index (χ0n) is 22.8. The van der Waals surface area contributed by atoms with Gasteiger partial charge in [0.05, 0.1) is 5.69 Å². The maximum Gasteiger partial charge on any atom is 0.304 e. The lowest BCUT2D eigenvalue weighted by molar-refractivity contribution is -0.140. The predicted molar refractivity (Wildman–Crippen MR) is 150 cm³/mol. The van der Waals surface area contributed by atoms with Crippen LogP contribution in [-0.2, 0) is 26.3 Å². The number of carbonyl (C=O) groups excluding carboxylic acids is 2. The molecule has 0 heterocycles. The van der Waals surface area contributed by atoms with Gasteiger partial charge in [0.15, 0.2) is 0 Å². The van der Waals surface area contributed by atoms with Crippen molar-refractivity contribution in [2.24, 2.45) is 5.92 Å². The quantitative estimate of drug-likeness (QED) is 0.430. The number of rotatable bonds is 12. The van der Waals surface area contributed by atoms with Crippen molar-refractivity contribution in [1.82, 2.24) is 14.5 Å². The maximum absolute atomic E-state index is 13.9. The fourth-order valence-corrected chi connectivity index (χ4v) is 5.06. The third-order valence-corrected chi connectivity index (χ3v) is 8.05. The summed E-state index contributed by atoms with van der Waals surface area (Å²) in [5, 5.41) is 3.48. The Morgan fingerprint density at radius 3 is 2.19 bits per heavy atom. The average Bonchev–Trinajstić information content (AvgIpc) is 2.83. The summed E-state index contributed by atoms with van der Waals surface area (Å²) in [5.41, 5.74) is 2.78. The van der Waals surface area contributed by atoms with Crippen molar-refractivity contribution in [1.29, 1.82) is 0 Å². The number of halogens is 1. The molecule has 0 saturated heterocycles. The second-order valence-electron chi connectivity index (χ2n) is 9.80. The molecule has 0 fully saturated rings.